The predicted molar refractivity (Wildman–Crippen MR) is 109 cm³/mol. The minimum Gasteiger partial charge on any atom is -0.452 e. The Morgan fingerprint density at radius 2 is 1.83 bits per heavy atom. The van der Waals surface area contributed by atoms with Gasteiger partial charge in [0.2, 0.25) is 10.0 Å². The summed E-state index contributed by atoms with van der Waals surface area (Å²) in [4.78, 5) is 25.0. The minimum atomic E-state index is -3.58. The standard InChI is InChI=1S/C21H28N2O6S/c1-14(29-21(25)19-13-15-2-3-16(19)12-15)20(24)22-17-4-6-18(7-5-17)30(26,27)23-8-10-28-11-9-23/h4-7,14-16,19H,2-3,8-13H2,1H3,(H,22,24). The van der Waals surface area contributed by atoms with Crippen molar-refractivity contribution >= 4 is 27.6 Å². The molecule has 1 amide bonds. The van der Waals surface area contributed by atoms with Crippen LogP contribution in [0.25, 0.3) is 0 Å². The summed E-state index contributed by atoms with van der Waals surface area (Å²) in [5.41, 5.74) is 0.448. The fraction of sp³-hybridized carbons (Fsp3) is 0.619. The highest BCUT2D eigenvalue weighted by atomic mass is 32.2. The molecule has 2 bridgehead atoms. The van der Waals surface area contributed by atoms with Crippen molar-refractivity contribution in [1.29, 1.82) is 0 Å². The van der Waals surface area contributed by atoms with Gasteiger partial charge in [-0.1, -0.05) is 6.42 Å². The number of amides is 1. The van der Waals surface area contributed by atoms with Crippen LogP contribution in [0.1, 0.15) is 32.6 Å². The Bertz CT molecular complexity index is 895. The van der Waals surface area contributed by atoms with Crippen molar-refractivity contribution in [1.82, 2.24) is 4.31 Å². The van der Waals surface area contributed by atoms with Crippen molar-refractivity contribution < 1.29 is 27.5 Å². The minimum absolute atomic E-state index is 0.0799. The summed E-state index contributed by atoms with van der Waals surface area (Å²) in [6.07, 6.45) is 3.33. The highest BCUT2D eigenvalue weighted by Gasteiger charge is 2.44. The van der Waals surface area contributed by atoms with Crippen molar-refractivity contribution in [2.45, 2.75) is 43.6 Å². The molecule has 0 aromatic heterocycles. The Morgan fingerprint density at radius 1 is 1.13 bits per heavy atom. The van der Waals surface area contributed by atoms with Crippen LogP contribution in [0.2, 0.25) is 0 Å². The van der Waals surface area contributed by atoms with E-state index in [9.17, 15) is 18.0 Å². The van der Waals surface area contributed by atoms with E-state index < -0.39 is 22.0 Å². The molecule has 8 nitrogen and oxygen atoms in total. The second-order valence-corrected chi connectivity index (χ2v) is 10.3. The van der Waals surface area contributed by atoms with E-state index in [4.69, 9.17) is 9.47 Å². The van der Waals surface area contributed by atoms with Crippen LogP contribution in [0, 0.1) is 17.8 Å². The number of benzene rings is 1. The number of esters is 1. The second kappa shape index (κ2) is 8.64. The first kappa shape index (κ1) is 21.3. The fourth-order valence-corrected chi connectivity index (χ4v) is 6.15. The third-order valence-electron chi connectivity index (χ3n) is 6.43. The smallest absolute Gasteiger partial charge is 0.309 e. The number of nitrogens with zero attached hydrogens (tertiary/aromatic N) is 1. The number of morpholine rings is 1. The molecule has 2 aliphatic carbocycles. The van der Waals surface area contributed by atoms with Crippen LogP contribution >= 0.6 is 0 Å². The molecule has 1 heterocycles. The SMILES string of the molecule is CC(OC(=O)C1CC2CCC1C2)C(=O)Nc1ccc(S(=O)(=O)N2CCOCC2)cc1. The summed E-state index contributed by atoms with van der Waals surface area (Å²) >= 11 is 0. The Labute approximate surface area is 177 Å². The van der Waals surface area contributed by atoms with Crippen molar-refractivity contribution in [3.05, 3.63) is 24.3 Å². The van der Waals surface area contributed by atoms with E-state index >= 15 is 0 Å². The van der Waals surface area contributed by atoms with Crippen LogP contribution in [0.5, 0.6) is 0 Å². The molecule has 1 saturated heterocycles. The number of anilines is 1. The van der Waals surface area contributed by atoms with Crippen LogP contribution in [0.4, 0.5) is 5.69 Å². The predicted octanol–water partition coefficient (Wildman–Crippen LogP) is 2.01. The second-order valence-electron chi connectivity index (χ2n) is 8.39. The maximum atomic E-state index is 12.7. The van der Waals surface area contributed by atoms with Crippen LogP contribution < -0.4 is 5.32 Å². The normalized spacial score (nSPS) is 27.6. The number of hydrogen-bond donors (Lipinski definition) is 1. The van der Waals surface area contributed by atoms with Gasteiger partial charge in [0.05, 0.1) is 24.0 Å². The monoisotopic (exact) mass is 436 g/mol. The molecule has 2 saturated carbocycles. The van der Waals surface area contributed by atoms with E-state index in [0.29, 0.717) is 43.8 Å². The molecule has 1 N–H and O–H groups in total. The third kappa shape index (κ3) is 4.38. The van der Waals surface area contributed by atoms with Crippen LogP contribution in [-0.2, 0) is 29.1 Å². The average Bonchev–Trinajstić information content (AvgIpc) is 3.38. The Kier molecular flexibility index (Phi) is 6.13. The molecule has 1 aromatic carbocycles. The molecule has 3 aliphatic rings. The van der Waals surface area contributed by atoms with Gasteiger partial charge in [-0.2, -0.15) is 4.31 Å². The van der Waals surface area contributed by atoms with E-state index in [2.05, 4.69) is 5.32 Å². The van der Waals surface area contributed by atoms with E-state index in [-0.39, 0.29) is 16.8 Å². The van der Waals surface area contributed by atoms with Gasteiger partial charge in [0.1, 0.15) is 0 Å². The first-order valence-corrected chi connectivity index (χ1v) is 12.0. The molecule has 1 aromatic rings. The zero-order valence-electron chi connectivity index (χ0n) is 17.1. The molecule has 164 valence electrons. The number of sulfonamides is 1. The Morgan fingerprint density at radius 3 is 2.43 bits per heavy atom. The van der Waals surface area contributed by atoms with Gasteiger partial charge in [0.25, 0.3) is 5.91 Å². The van der Waals surface area contributed by atoms with Crippen molar-refractivity contribution in [3.8, 4) is 0 Å². The molecule has 0 spiro atoms. The summed E-state index contributed by atoms with van der Waals surface area (Å²) in [5, 5.41) is 2.69. The molecule has 3 fully saturated rings. The molecule has 4 atom stereocenters. The summed E-state index contributed by atoms with van der Waals surface area (Å²) < 4.78 is 37.3. The molecule has 1 aliphatic heterocycles. The highest BCUT2D eigenvalue weighted by molar-refractivity contribution is 7.89. The lowest BCUT2D eigenvalue weighted by molar-refractivity contribution is -0.158. The van der Waals surface area contributed by atoms with Gasteiger partial charge in [-0.3, -0.25) is 9.59 Å². The summed E-state index contributed by atoms with van der Waals surface area (Å²) in [7, 11) is -3.58. The third-order valence-corrected chi connectivity index (χ3v) is 8.35. The number of hydrogen-bond acceptors (Lipinski definition) is 6. The van der Waals surface area contributed by atoms with Crippen molar-refractivity contribution in [2.75, 3.05) is 31.6 Å². The van der Waals surface area contributed by atoms with E-state index in [1.807, 2.05) is 0 Å². The average molecular weight is 437 g/mol. The summed E-state index contributed by atoms with van der Waals surface area (Å²) in [5.74, 6) is 0.235. The van der Waals surface area contributed by atoms with Crippen molar-refractivity contribution in [3.63, 3.8) is 0 Å². The highest BCUT2D eigenvalue weighted by Crippen LogP contribution is 2.48. The number of carbonyl (C=O) groups is 2. The lowest BCUT2D eigenvalue weighted by Gasteiger charge is -2.26. The molecule has 9 heteroatoms. The number of fused-ring (bicyclic) bond motifs is 2. The van der Waals surface area contributed by atoms with E-state index in [1.54, 1.807) is 6.92 Å². The van der Waals surface area contributed by atoms with Gasteiger partial charge in [-0.15, -0.1) is 0 Å². The first-order valence-electron chi connectivity index (χ1n) is 10.5. The zero-order chi connectivity index (χ0) is 21.3. The van der Waals surface area contributed by atoms with Gasteiger partial charge in [0, 0.05) is 18.8 Å². The molecule has 30 heavy (non-hydrogen) atoms. The zero-order valence-corrected chi connectivity index (χ0v) is 17.9. The van der Waals surface area contributed by atoms with Crippen molar-refractivity contribution in [2.24, 2.45) is 17.8 Å². The lowest BCUT2D eigenvalue weighted by Crippen LogP contribution is -2.40. The molecule has 4 unspecified atom stereocenters. The number of nitrogens with one attached hydrogen (secondary N) is 1. The van der Waals surface area contributed by atoms with Crippen LogP contribution in [-0.4, -0.2) is 57.0 Å². The summed E-state index contributed by atoms with van der Waals surface area (Å²) in [6, 6.07) is 6.00. The largest absolute Gasteiger partial charge is 0.452 e. The summed E-state index contributed by atoms with van der Waals surface area (Å²) in [6.45, 7) is 2.97. The number of ether oxygens (including phenoxy) is 2. The van der Waals surface area contributed by atoms with Gasteiger partial charge >= 0.3 is 5.97 Å². The molecule has 4 rings (SSSR count). The molecular weight excluding hydrogens is 408 g/mol. The Hall–Kier alpha value is -1.97. The maximum Gasteiger partial charge on any atom is 0.309 e. The van der Waals surface area contributed by atoms with E-state index in [0.717, 1.165) is 19.3 Å². The molecule has 0 radical (unpaired) electrons. The number of carbonyl (C=O) groups excluding carboxylic acids is 2. The van der Waals surface area contributed by atoms with E-state index in [1.165, 1.54) is 35.0 Å². The van der Waals surface area contributed by atoms with Gasteiger partial charge in [0.15, 0.2) is 6.10 Å². The fourth-order valence-electron chi connectivity index (χ4n) is 4.74. The van der Waals surface area contributed by atoms with Gasteiger partial charge < -0.3 is 14.8 Å². The molecular formula is C21H28N2O6S. The van der Waals surface area contributed by atoms with Crippen LogP contribution in [0.15, 0.2) is 29.2 Å². The number of rotatable bonds is 6. The topological polar surface area (TPSA) is 102 Å². The van der Waals surface area contributed by atoms with Crippen LogP contribution in [0.3, 0.4) is 0 Å². The lowest BCUT2D eigenvalue weighted by atomic mass is 9.89. The Balaban J connectivity index is 1.32. The quantitative estimate of drug-likeness (QED) is 0.685. The van der Waals surface area contributed by atoms with Gasteiger partial charge in [-0.25, -0.2) is 8.42 Å². The van der Waals surface area contributed by atoms with Gasteiger partial charge in [-0.05, 0) is 62.3 Å². The maximum absolute atomic E-state index is 12.7. The first-order chi connectivity index (χ1) is 14.3.